The quantitative estimate of drug-likeness (QED) is 0.268. The summed E-state index contributed by atoms with van der Waals surface area (Å²) in [7, 11) is 0. The lowest BCUT2D eigenvalue weighted by atomic mass is 10.0. The molecule has 1 fully saturated rings. The molecule has 0 aromatic heterocycles. The van der Waals surface area contributed by atoms with Gasteiger partial charge in [-0.15, -0.1) is 0 Å². The Kier molecular flexibility index (Phi) is 12.7. The van der Waals surface area contributed by atoms with Gasteiger partial charge in [-0.25, -0.2) is 0 Å². The third-order valence-corrected chi connectivity index (χ3v) is 5.88. The van der Waals surface area contributed by atoms with Crippen LogP contribution in [0.3, 0.4) is 0 Å². The van der Waals surface area contributed by atoms with Gasteiger partial charge in [0.1, 0.15) is 4.32 Å². The van der Waals surface area contributed by atoms with Gasteiger partial charge in [0.15, 0.2) is 0 Å². The van der Waals surface area contributed by atoms with Crippen LogP contribution in [0.15, 0.2) is 0 Å². The van der Waals surface area contributed by atoms with E-state index in [1.54, 1.807) is 0 Å². The van der Waals surface area contributed by atoms with E-state index in [9.17, 15) is 0 Å². The predicted octanol–water partition coefficient (Wildman–Crippen LogP) is 6.41. The minimum atomic E-state index is 1.13. The van der Waals surface area contributed by atoms with Gasteiger partial charge in [-0.05, 0) is 6.42 Å². The highest BCUT2D eigenvalue weighted by atomic mass is 32.2. The summed E-state index contributed by atoms with van der Waals surface area (Å²) in [5, 5.41) is 0. The summed E-state index contributed by atoms with van der Waals surface area (Å²) in [6.45, 7) is 4.67. The summed E-state index contributed by atoms with van der Waals surface area (Å²) < 4.78 is 1.13. The summed E-state index contributed by atoms with van der Waals surface area (Å²) in [5.74, 6) is 1.21. The maximum absolute atomic E-state index is 5.32. The summed E-state index contributed by atoms with van der Waals surface area (Å²) in [5.41, 5.74) is 0. The third-order valence-electron chi connectivity index (χ3n) is 4.38. The maximum atomic E-state index is 5.32. The van der Waals surface area contributed by atoms with Crippen molar-refractivity contribution in [1.29, 1.82) is 0 Å². The molecular weight excluding hydrogens is 294 g/mol. The second-order valence-electron chi connectivity index (χ2n) is 6.34. The molecule has 1 rings (SSSR count). The smallest absolute Gasteiger partial charge is 0.136 e. The zero-order valence-corrected chi connectivity index (χ0v) is 15.7. The first-order valence-electron chi connectivity index (χ1n) is 9.26. The van der Waals surface area contributed by atoms with Crippen LogP contribution in [-0.4, -0.2) is 28.1 Å². The Labute approximate surface area is 142 Å². The summed E-state index contributed by atoms with van der Waals surface area (Å²) in [6.07, 6.45) is 18.6. The minimum absolute atomic E-state index is 1.13. The largest absolute Gasteiger partial charge is 0.357 e. The average molecular weight is 330 g/mol. The molecular formula is C18H35NS2. The molecule has 0 aliphatic carbocycles. The van der Waals surface area contributed by atoms with E-state index in [0.717, 1.165) is 4.32 Å². The Balaban J connectivity index is 1.72. The molecule has 3 heteroatoms. The molecule has 0 saturated carbocycles. The molecule has 0 bridgehead atoms. The van der Waals surface area contributed by atoms with Crippen LogP contribution >= 0.6 is 24.0 Å². The van der Waals surface area contributed by atoms with E-state index in [1.165, 1.54) is 102 Å². The van der Waals surface area contributed by atoms with Crippen molar-refractivity contribution in [2.75, 3.05) is 18.8 Å². The molecule has 0 radical (unpaired) electrons. The summed E-state index contributed by atoms with van der Waals surface area (Å²) in [4.78, 5) is 2.39. The number of rotatable bonds is 14. The number of hydrogen-bond acceptors (Lipinski definition) is 2. The van der Waals surface area contributed by atoms with Crippen molar-refractivity contribution in [3.8, 4) is 0 Å². The zero-order valence-electron chi connectivity index (χ0n) is 14.1. The highest BCUT2D eigenvalue weighted by molar-refractivity contribution is 8.23. The van der Waals surface area contributed by atoms with Crippen LogP contribution in [0.4, 0.5) is 0 Å². The fraction of sp³-hybridized carbons (Fsp3) is 0.944. The predicted molar refractivity (Wildman–Crippen MR) is 102 cm³/mol. The lowest BCUT2D eigenvalue weighted by Gasteiger charge is -2.16. The van der Waals surface area contributed by atoms with Crippen molar-refractivity contribution in [3.63, 3.8) is 0 Å². The van der Waals surface area contributed by atoms with Crippen LogP contribution in [-0.2, 0) is 0 Å². The molecule has 0 atom stereocenters. The molecule has 0 aromatic carbocycles. The van der Waals surface area contributed by atoms with Gasteiger partial charge < -0.3 is 4.90 Å². The Morgan fingerprint density at radius 3 is 1.71 bits per heavy atom. The van der Waals surface area contributed by atoms with Crippen LogP contribution in [0.25, 0.3) is 0 Å². The van der Waals surface area contributed by atoms with Crippen molar-refractivity contribution in [2.45, 2.75) is 90.4 Å². The maximum Gasteiger partial charge on any atom is 0.136 e. The van der Waals surface area contributed by atoms with Gasteiger partial charge in [0.25, 0.3) is 0 Å². The van der Waals surface area contributed by atoms with Crippen molar-refractivity contribution in [2.24, 2.45) is 0 Å². The highest BCUT2D eigenvalue weighted by Gasteiger charge is 2.15. The lowest BCUT2D eigenvalue weighted by molar-refractivity contribution is 0.438. The normalized spacial score (nSPS) is 15.1. The van der Waals surface area contributed by atoms with Gasteiger partial charge in [-0.1, -0.05) is 108 Å². The number of thiocarbonyl (C=S) groups is 1. The molecule has 0 amide bonds. The van der Waals surface area contributed by atoms with Gasteiger partial charge in [-0.3, -0.25) is 0 Å². The fourth-order valence-corrected chi connectivity index (χ4v) is 4.23. The first-order chi connectivity index (χ1) is 10.3. The molecule has 1 aliphatic heterocycles. The average Bonchev–Trinajstić information content (AvgIpc) is 2.89. The molecule has 1 saturated heterocycles. The number of hydrogen-bond donors (Lipinski definition) is 0. The van der Waals surface area contributed by atoms with E-state index in [4.69, 9.17) is 12.2 Å². The van der Waals surface area contributed by atoms with E-state index in [1.807, 2.05) is 11.8 Å². The van der Waals surface area contributed by atoms with Crippen LogP contribution in [0, 0.1) is 0 Å². The van der Waals surface area contributed by atoms with Gasteiger partial charge in [0.05, 0.1) is 0 Å². The molecule has 0 aromatic rings. The van der Waals surface area contributed by atoms with Crippen LogP contribution < -0.4 is 0 Å². The van der Waals surface area contributed by atoms with Crippen molar-refractivity contribution in [1.82, 2.24) is 4.90 Å². The SMILES string of the molecule is CCCCCCCCCCCCCCCN1CCSC1=S. The van der Waals surface area contributed by atoms with E-state index >= 15 is 0 Å². The number of thioether (sulfide) groups is 1. The molecule has 124 valence electrons. The van der Waals surface area contributed by atoms with Gasteiger partial charge in [0, 0.05) is 18.8 Å². The second kappa shape index (κ2) is 13.9. The summed E-state index contributed by atoms with van der Waals surface area (Å²) in [6, 6.07) is 0. The van der Waals surface area contributed by atoms with Crippen molar-refractivity contribution < 1.29 is 0 Å². The first kappa shape index (κ1) is 19.3. The standard InChI is InChI=1S/C18H35NS2/c1-2-3-4-5-6-7-8-9-10-11-12-13-14-15-19-16-17-21-18(19)20/h2-17H2,1H3. The molecule has 1 heterocycles. The van der Waals surface area contributed by atoms with Gasteiger partial charge in [-0.2, -0.15) is 0 Å². The highest BCUT2D eigenvalue weighted by Crippen LogP contribution is 2.18. The monoisotopic (exact) mass is 329 g/mol. The Morgan fingerprint density at radius 1 is 0.810 bits per heavy atom. The lowest BCUT2D eigenvalue weighted by Crippen LogP contribution is -2.23. The molecule has 0 unspecified atom stereocenters. The fourth-order valence-electron chi connectivity index (χ4n) is 2.95. The van der Waals surface area contributed by atoms with Crippen LogP contribution in [0.2, 0.25) is 0 Å². The Bertz CT molecular complexity index is 256. The Morgan fingerprint density at radius 2 is 1.29 bits per heavy atom. The third kappa shape index (κ3) is 10.6. The van der Waals surface area contributed by atoms with Crippen molar-refractivity contribution >= 4 is 28.3 Å². The van der Waals surface area contributed by atoms with Gasteiger partial charge in [0.2, 0.25) is 0 Å². The Hall–Kier alpha value is 0.240. The number of nitrogens with zero attached hydrogens (tertiary/aromatic N) is 1. The van der Waals surface area contributed by atoms with E-state index < -0.39 is 0 Å². The number of unbranched alkanes of at least 4 members (excludes halogenated alkanes) is 12. The van der Waals surface area contributed by atoms with Crippen LogP contribution in [0.5, 0.6) is 0 Å². The van der Waals surface area contributed by atoms with Crippen LogP contribution in [0.1, 0.15) is 90.4 Å². The van der Waals surface area contributed by atoms with E-state index in [-0.39, 0.29) is 0 Å². The molecule has 0 spiro atoms. The molecule has 21 heavy (non-hydrogen) atoms. The molecule has 1 nitrogen and oxygen atoms in total. The molecule has 0 N–H and O–H groups in total. The first-order valence-corrected chi connectivity index (χ1v) is 10.7. The van der Waals surface area contributed by atoms with Gasteiger partial charge >= 0.3 is 0 Å². The minimum Gasteiger partial charge on any atom is -0.357 e. The topological polar surface area (TPSA) is 3.24 Å². The molecule has 1 aliphatic rings. The summed E-state index contributed by atoms with van der Waals surface area (Å²) >= 11 is 7.17. The van der Waals surface area contributed by atoms with E-state index in [0.29, 0.717) is 0 Å². The zero-order chi connectivity index (χ0) is 15.2. The van der Waals surface area contributed by atoms with Crippen molar-refractivity contribution in [3.05, 3.63) is 0 Å². The van der Waals surface area contributed by atoms with E-state index in [2.05, 4.69) is 11.8 Å². The second-order valence-corrected chi connectivity index (χ2v) is 8.07.